The number of nitrogens with zero attached hydrogens (tertiary/aromatic N) is 1. The van der Waals surface area contributed by atoms with Gasteiger partial charge in [-0.05, 0) is 36.5 Å². The Hall–Kier alpha value is -1.36. The third-order valence-electron chi connectivity index (χ3n) is 2.59. The van der Waals surface area contributed by atoms with Crippen molar-refractivity contribution in [3.63, 3.8) is 0 Å². The van der Waals surface area contributed by atoms with Gasteiger partial charge in [-0.2, -0.15) is 0 Å². The SMILES string of the molecule is S=c1[nH]c(-c2ccc(Cl)s2)cn1-c1ccccc1. The molecule has 0 saturated carbocycles. The van der Waals surface area contributed by atoms with Crippen LogP contribution in [0.15, 0.2) is 48.7 Å². The molecule has 18 heavy (non-hydrogen) atoms. The molecule has 0 spiro atoms. The normalized spacial score (nSPS) is 10.7. The molecular formula is C13H9ClN2S2. The van der Waals surface area contributed by atoms with Crippen LogP contribution in [0.25, 0.3) is 16.3 Å². The summed E-state index contributed by atoms with van der Waals surface area (Å²) in [6, 6.07) is 13.9. The first-order chi connectivity index (χ1) is 8.74. The van der Waals surface area contributed by atoms with Crippen LogP contribution in [0.5, 0.6) is 0 Å². The van der Waals surface area contributed by atoms with E-state index >= 15 is 0 Å². The summed E-state index contributed by atoms with van der Waals surface area (Å²) in [7, 11) is 0. The van der Waals surface area contributed by atoms with Gasteiger partial charge in [0.25, 0.3) is 0 Å². The summed E-state index contributed by atoms with van der Waals surface area (Å²) in [6.07, 6.45) is 2.00. The van der Waals surface area contributed by atoms with E-state index in [1.165, 1.54) is 11.3 Å². The van der Waals surface area contributed by atoms with Crippen LogP contribution in [0, 0.1) is 4.77 Å². The summed E-state index contributed by atoms with van der Waals surface area (Å²) in [6.45, 7) is 0. The number of hydrogen-bond donors (Lipinski definition) is 1. The van der Waals surface area contributed by atoms with Crippen LogP contribution in [-0.2, 0) is 0 Å². The van der Waals surface area contributed by atoms with E-state index in [0.717, 1.165) is 20.6 Å². The predicted molar refractivity (Wildman–Crippen MR) is 79.3 cm³/mol. The van der Waals surface area contributed by atoms with Crippen LogP contribution in [0.4, 0.5) is 0 Å². The molecule has 0 aliphatic carbocycles. The number of hydrogen-bond acceptors (Lipinski definition) is 2. The van der Waals surface area contributed by atoms with Gasteiger partial charge in [-0.1, -0.05) is 29.8 Å². The van der Waals surface area contributed by atoms with Crippen molar-refractivity contribution in [3.8, 4) is 16.3 Å². The number of nitrogens with one attached hydrogen (secondary N) is 1. The Morgan fingerprint density at radius 3 is 2.56 bits per heavy atom. The number of rotatable bonds is 2. The van der Waals surface area contributed by atoms with Crippen molar-refractivity contribution in [1.82, 2.24) is 9.55 Å². The molecule has 0 radical (unpaired) electrons. The summed E-state index contributed by atoms with van der Waals surface area (Å²) < 4.78 is 3.41. The first-order valence-corrected chi connectivity index (χ1v) is 6.97. The zero-order chi connectivity index (χ0) is 12.5. The summed E-state index contributed by atoms with van der Waals surface area (Å²) in [5, 5.41) is 0. The molecule has 1 N–H and O–H groups in total. The lowest BCUT2D eigenvalue weighted by molar-refractivity contribution is 1.03. The van der Waals surface area contributed by atoms with Crippen LogP contribution in [0.3, 0.4) is 0 Å². The summed E-state index contributed by atoms with van der Waals surface area (Å²) >= 11 is 12.8. The highest BCUT2D eigenvalue weighted by molar-refractivity contribution is 7.71. The molecule has 5 heteroatoms. The number of aromatic nitrogens is 2. The lowest BCUT2D eigenvalue weighted by Gasteiger charge is -1.99. The lowest BCUT2D eigenvalue weighted by Crippen LogP contribution is -1.90. The van der Waals surface area contributed by atoms with Crippen LogP contribution >= 0.6 is 35.2 Å². The summed E-state index contributed by atoms with van der Waals surface area (Å²) in [5.41, 5.74) is 2.04. The molecule has 3 aromatic rings. The van der Waals surface area contributed by atoms with Gasteiger partial charge < -0.3 is 4.98 Å². The highest BCUT2D eigenvalue weighted by Gasteiger charge is 2.06. The highest BCUT2D eigenvalue weighted by Crippen LogP contribution is 2.30. The minimum absolute atomic E-state index is 0.681. The zero-order valence-electron chi connectivity index (χ0n) is 9.26. The molecule has 0 atom stereocenters. The molecule has 0 fully saturated rings. The van der Waals surface area contributed by atoms with Crippen molar-refractivity contribution < 1.29 is 0 Å². The standard InChI is InChI=1S/C13H9ClN2S2/c14-12-7-6-11(18-12)10-8-16(13(17)15-10)9-4-2-1-3-5-9/h1-8H,(H,15,17). The van der Waals surface area contributed by atoms with Crippen LogP contribution in [0.1, 0.15) is 0 Å². The minimum atomic E-state index is 0.681. The van der Waals surface area contributed by atoms with Gasteiger partial charge in [0.2, 0.25) is 0 Å². The predicted octanol–water partition coefficient (Wildman–Crippen LogP) is 4.92. The van der Waals surface area contributed by atoms with Gasteiger partial charge >= 0.3 is 0 Å². The largest absolute Gasteiger partial charge is 0.330 e. The molecule has 2 aromatic heterocycles. The van der Waals surface area contributed by atoms with Gasteiger partial charge in [0.1, 0.15) is 0 Å². The molecular weight excluding hydrogens is 284 g/mol. The third kappa shape index (κ3) is 2.14. The van der Waals surface area contributed by atoms with Gasteiger partial charge in [-0.25, -0.2) is 0 Å². The Kier molecular flexibility index (Phi) is 3.07. The van der Waals surface area contributed by atoms with E-state index < -0.39 is 0 Å². The number of imidazole rings is 1. The van der Waals surface area contributed by atoms with Crippen LogP contribution in [-0.4, -0.2) is 9.55 Å². The van der Waals surface area contributed by atoms with E-state index in [0.29, 0.717) is 4.77 Å². The molecule has 0 amide bonds. The molecule has 0 saturated heterocycles. The number of halogens is 1. The topological polar surface area (TPSA) is 20.7 Å². The molecule has 3 rings (SSSR count). The minimum Gasteiger partial charge on any atom is -0.330 e. The molecule has 0 bridgehead atoms. The average molecular weight is 293 g/mol. The monoisotopic (exact) mass is 292 g/mol. The van der Waals surface area contributed by atoms with Crippen molar-refractivity contribution in [2.75, 3.05) is 0 Å². The second-order valence-electron chi connectivity index (χ2n) is 3.78. The fraction of sp³-hybridized carbons (Fsp3) is 0. The quantitative estimate of drug-likeness (QED) is 0.665. The van der Waals surface area contributed by atoms with Crippen molar-refractivity contribution in [3.05, 3.63) is 57.8 Å². The van der Waals surface area contributed by atoms with E-state index in [-0.39, 0.29) is 0 Å². The number of H-pyrrole nitrogens is 1. The van der Waals surface area contributed by atoms with Gasteiger partial charge in [0.15, 0.2) is 4.77 Å². The Morgan fingerprint density at radius 2 is 1.89 bits per heavy atom. The Bertz CT molecular complexity index is 725. The van der Waals surface area contributed by atoms with E-state index in [1.807, 2.05) is 53.2 Å². The van der Waals surface area contributed by atoms with Gasteiger partial charge in [-0.3, -0.25) is 4.57 Å². The fourth-order valence-electron chi connectivity index (χ4n) is 1.76. The number of benzene rings is 1. The third-order valence-corrected chi connectivity index (χ3v) is 4.15. The van der Waals surface area contributed by atoms with Crippen molar-refractivity contribution in [2.24, 2.45) is 0 Å². The molecule has 2 nitrogen and oxygen atoms in total. The maximum absolute atomic E-state index is 5.95. The number of aromatic amines is 1. The van der Waals surface area contributed by atoms with E-state index in [1.54, 1.807) is 0 Å². The zero-order valence-corrected chi connectivity index (χ0v) is 11.6. The average Bonchev–Trinajstić information content (AvgIpc) is 2.97. The van der Waals surface area contributed by atoms with Crippen molar-refractivity contribution in [2.45, 2.75) is 0 Å². The maximum Gasteiger partial charge on any atom is 0.182 e. The first-order valence-electron chi connectivity index (χ1n) is 5.37. The van der Waals surface area contributed by atoms with Crippen molar-refractivity contribution in [1.29, 1.82) is 0 Å². The highest BCUT2D eigenvalue weighted by atomic mass is 35.5. The summed E-state index contributed by atoms with van der Waals surface area (Å²) in [4.78, 5) is 4.29. The lowest BCUT2D eigenvalue weighted by atomic mass is 10.3. The Balaban J connectivity index is 2.09. The second-order valence-corrected chi connectivity index (χ2v) is 5.88. The molecule has 1 aromatic carbocycles. The van der Waals surface area contributed by atoms with Crippen molar-refractivity contribution >= 4 is 35.2 Å². The van der Waals surface area contributed by atoms with E-state index in [2.05, 4.69) is 4.98 Å². The second kappa shape index (κ2) is 4.72. The van der Waals surface area contributed by atoms with Crippen LogP contribution in [0.2, 0.25) is 4.34 Å². The van der Waals surface area contributed by atoms with Gasteiger partial charge in [0, 0.05) is 11.9 Å². The van der Waals surface area contributed by atoms with Gasteiger partial charge in [0.05, 0.1) is 14.9 Å². The molecule has 2 heterocycles. The van der Waals surface area contributed by atoms with E-state index in [9.17, 15) is 0 Å². The number of thiophene rings is 1. The number of para-hydroxylation sites is 1. The Labute approximate surface area is 118 Å². The molecule has 0 unspecified atom stereocenters. The Morgan fingerprint density at radius 1 is 1.11 bits per heavy atom. The molecule has 0 aliphatic rings. The maximum atomic E-state index is 5.95. The fourth-order valence-corrected chi connectivity index (χ4v) is 3.04. The first kappa shape index (κ1) is 11.7. The van der Waals surface area contributed by atoms with Crippen LogP contribution < -0.4 is 0 Å². The van der Waals surface area contributed by atoms with E-state index in [4.69, 9.17) is 23.8 Å². The summed E-state index contributed by atoms with van der Waals surface area (Å²) in [5.74, 6) is 0. The smallest absolute Gasteiger partial charge is 0.182 e. The molecule has 90 valence electrons. The van der Waals surface area contributed by atoms with Gasteiger partial charge in [-0.15, -0.1) is 11.3 Å². The molecule has 0 aliphatic heterocycles.